The van der Waals surface area contributed by atoms with Gasteiger partial charge in [-0.25, -0.2) is 5.43 Å². The molecule has 1 heterocycles. The van der Waals surface area contributed by atoms with E-state index in [0.717, 1.165) is 21.9 Å². The van der Waals surface area contributed by atoms with Gasteiger partial charge in [0.05, 0.1) is 17.7 Å². The van der Waals surface area contributed by atoms with E-state index in [0.29, 0.717) is 6.54 Å². The van der Waals surface area contributed by atoms with Crippen LogP contribution in [-0.4, -0.2) is 26.8 Å². The highest BCUT2D eigenvalue weighted by Gasteiger charge is 2.10. The first-order chi connectivity index (χ1) is 14.6. The molecule has 0 saturated heterocycles. The second-order valence-electron chi connectivity index (χ2n) is 6.59. The third kappa shape index (κ3) is 4.22. The number of nitrogens with one attached hydrogen (secondary N) is 1. The third-order valence-corrected chi connectivity index (χ3v) is 4.56. The molecule has 1 amide bonds. The van der Waals surface area contributed by atoms with Crippen molar-refractivity contribution in [1.29, 1.82) is 0 Å². The predicted molar refractivity (Wildman–Crippen MR) is 113 cm³/mol. The SMILES string of the molecule is O=C(N/N=C/c1cccc2ccccc12)c1ccn(Cc2ccc([N+](=O)[O-])cc2)n1. The number of carbonyl (C=O) groups is 1. The largest absolute Gasteiger partial charge is 0.291 e. The molecule has 30 heavy (non-hydrogen) atoms. The molecule has 0 aliphatic rings. The Hall–Kier alpha value is -4.33. The van der Waals surface area contributed by atoms with Gasteiger partial charge >= 0.3 is 0 Å². The van der Waals surface area contributed by atoms with Crippen molar-refractivity contribution < 1.29 is 9.72 Å². The second kappa shape index (κ2) is 8.36. The van der Waals surface area contributed by atoms with Crippen molar-refractivity contribution in [3.63, 3.8) is 0 Å². The smallest absolute Gasteiger partial charge is 0.268 e. The summed E-state index contributed by atoms with van der Waals surface area (Å²) in [5.41, 5.74) is 4.49. The first kappa shape index (κ1) is 19.0. The molecule has 0 spiro atoms. The number of nitro groups is 1. The highest BCUT2D eigenvalue weighted by Crippen LogP contribution is 2.17. The van der Waals surface area contributed by atoms with Gasteiger partial charge in [-0.15, -0.1) is 0 Å². The normalized spacial score (nSPS) is 11.1. The van der Waals surface area contributed by atoms with Gasteiger partial charge in [-0.3, -0.25) is 19.6 Å². The Labute approximate surface area is 171 Å². The molecule has 0 atom stereocenters. The molecule has 0 radical (unpaired) electrons. The maximum Gasteiger partial charge on any atom is 0.291 e. The maximum absolute atomic E-state index is 12.3. The van der Waals surface area contributed by atoms with E-state index in [1.54, 1.807) is 35.3 Å². The number of fused-ring (bicyclic) bond motifs is 1. The minimum Gasteiger partial charge on any atom is -0.268 e. The molecule has 0 bridgehead atoms. The van der Waals surface area contributed by atoms with Crippen LogP contribution >= 0.6 is 0 Å². The lowest BCUT2D eigenvalue weighted by Gasteiger charge is -2.02. The van der Waals surface area contributed by atoms with Crippen molar-refractivity contribution in [3.05, 3.63) is 106 Å². The van der Waals surface area contributed by atoms with Crippen LogP contribution in [-0.2, 0) is 6.54 Å². The van der Waals surface area contributed by atoms with Crippen LogP contribution < -0.4 is 5.43 Å². The van der Waals surface area contributed by atoms with Crippen LogP contribution in [0.4, 0.5) is 5.69 Å². The fourth-order valence-electron chi connectivity index (χ4n) is 3.06. The summed E-state index contributed by atoms with van der Waals surface area (Å²) in [7, 11) is 0. The zero-order valence-electron chi connectivity index (χ0n) is 15.8. The lowest BCUT2D eigenvalue weighted by Crippen LogP contribution is -2.18. The average Bonchev–Trinajstić information content (AvgIpc) is 3.23. The lowest BCUT2D eigenvalue weighted by atomic mass is 10.1. The van der Waals surface area contributed by atoms with Crippen molar-refractivity contribution in [2.24, 2.45) is 5.10 Å². The Morgan fingerprint density at radius 3 is 2.63 bits per heavy atom. The van der Waals surface area contributed by atoms with Crippen molar-refractivity contribution >= 4 is 28.6 Å². The Bertz CT molecular complexity index is 1240. The number of rotatable bonds is 6. The Balaban J connectivity index is 1.40. The van der Waals surface area contributed by atoms with Crippen LogP contribution in [0.25, 0.3) is 10.8 Å². The Morgan fingerprint density at radius 2 is 1.83 bits per heavy atom. The molecular formula is C22H17N5O3. The van der Waals surface area contributed by atoms with E-state index in [2.05, 4.69) is 15.6 Å². The minimum absolute atomic E-state index is 0.0309. The van der Waals surface area contributed by atoms with Gasteiger partial charge in [0.25, 0.3) is 11.6 Å². The number of hydrogen-bond acceptors (Lipinski definition) is 5. The first-order valence-corrected chi connectivity index (χ1v) is 9.18. The Kier molecular flexibility index (Phi) is 5.29. The van der Waals surface area contributed by atoms with E-state index in [9.17, 15) is 14.9 Å². The molecule has 0 saturated carbocycles. The fraction of sp³-hybridized carbons (Fsp3) is 0.0455. The number of amides is 1. The van der Waals surface area contributed by atoms with Crippen LogP contribution in [0.2, 0.25) is 0 Å². The summed E-state index contributed by atoms with van der Waals surface area (Å²) in [4.78, 5) is 22.6. The predicted octanol–water partition coefficient (Wildman–Crippen LogP) is 3.76. The number of non-ortho nitro benzene ring substituents is 1. The summed E-state index contributed by atoms with van der Waals surface area (Å²) in [5, 5.41) is 21.1. The molecule has 1 N–H and O–H groups in total. The van der Waals surface area contributed by atoms with Gasteiger partial charge in [-0.1, -0.05) is 54.6 Å². The Morgan fingerprint density at radius 1 is 1.07 bits per heavy atom. The summed E-state index contributed by atoms with van der Waals surface area (Å²) in [6.07, 6.45) is 3.28. The van der Waals surface area contributed by atoms with Gasteiger partial charge in [-0.05, 0) is 22.4 Å². The maximum atomic E-state index is 12.3. The van der Waals surface area contributed by atoms with E-state index in [4.69, 9.17) is 0 Å². The number of hydrazone groups is 1. The van der Waals surface area contributed by atoms with Crippen LogP contribution in [0.1, 0.15) is 21.6 Å². The molecule has 3 aromatic carbocycles. The van der Waals surface area contributed by atoms with E-state index < -0.39 is 10.8 Å². The molecule has 148 valence electrons. The van der Waals surface area contributed by atoms with Gasteiger partial charge < -0.3 is 0 Å². The van der Waals surface area contributed by atoms with E-state index in [-0.39, 0.29) is 11.4 Å². The topological polar surface area (TPSA) is 102 Å². The molecule has 0 aliphatic heterocycles. The van der Waals surface area contributed by atoms with Crippen molar-refractivity contribution in [2.75, 3.05) is 0 Å². The molecular weight excluding hydrogens is 382 g/mol. The second-order valence-corrected chi connectivity index (χ2v) is 6.59. The van der Waals surface area contributed by atoms with Gasteiger partial charge in [0.1, 0.15) is 0 Å². The van der Waals surface area contributed by atoms with Crippen LogP contribution in [0, 0.1) is 10.1 Å². The van der Waals surface area contributed by atoms with Gasteiger partial charge in [0.2, 0.25) is 0 Å². The molecule has 0 aliphatic carbocycles. The van der Waals surface area contributed by atoms with Gasteiger partial charge in [0.15, 0.2) is 5.69 Å². The summed E-state index contributed by atoms with van der Waals surface area (Å²) in [5.74, 6) is -0.422. The molecule has 8 heteroatoms. The number of aromatic nitrogens is 2. The summed E-state index contributed by atoms with van der Waals surface area (Å²) < 4.78 is 1.59. The number of nitro benzene ring substituents is 1. The third-order valence-electron chi connectivity index (χ3n) is 4.56. The van der Waals surface area contributed by atoms with Crippen LogP contribution in [0.3, 0.4) is 0 Å². The van der Waals surface area contributed by atoms with Crippen LogP contribution in [0.5, 0.6) is 0 Å². The number of carbonyl (C=O) groups excluding carboxylic acids is 1. The quantitative estimate of drug-likeness (QED) is 0.303. The molecule has 0 fully saturated rings. The van der Waals surface area contributed by atoms with E-state index in [1.165, 1.54) is 12.1 Å². The summed E-state index contributed by atoms with van der Waals surface area (Å²) in [6.45, 7) is 0.393. The van der Waals surface area contributed by atoms with Crippen molar-refractivity contribution in [2.45, 2.75) is 6.54 Å². The van der Waals surface area contributed by atoms with Crippen molar-refractivity contribution in [3.8, 4) is 0 Å². The summed E-state index contributed by atoms with van der Waals surface area (Å²) in [6, 6.07) is 21.6. The molecule has 4 aromatic rings. The zero-order valence-corrected chi connectivity index (χ0v) is 15.8. The molecule has 0 unspecified atom stereocenters. The first-order valence-electron chi connectivity index (χ1n) is 9.18. The summed E-state index contributed by atoms with van der Waals surface area (Å²) >= 11 is 0. The van der Waals surface area contributed by atoms with E-state index >= 15 is 0 Å². The highest BCUT2D eigenvalue weighted by atomic mass is 16.6. The van der Waals surface area contributed by atoms with Crippen molar-refractivity contribution in [1.82, 2.24) is 15.2 Å². The molecule has 8 nitrogen and oxygen atoms in total. The molecule has 1 aromatic heterocycles. The zero-order chi connectivity index (χ0) is 20.9. The molecule has 4 rings (SSSR count). The highest BCUT2D eigenvalue weighted by molar-refractivity contribution is 6.00. The monoisotopic (exact) mass is 399 g/mol. The fourth-order valence-corrected chi connectivity index (χ4v) is 3.06. The minimum atomic E-state index is -0.446. The van der Waals surface area contributed by atoms with Gasteiger partial charge in [0, 0.05) is 23.9 Å². The van der Waals surface area contributed by atoms with Gasteiger partial charge in [-0.2, -0.15) is 10.2 Å². The average molecular weight is 399 g/mol. The number of benzene rings is 3. The number of hydrogen-bond donors (Lipinski definition) is 1. The lowest BCUT2D eigenvalue weighted by molar-refractivity contribution is -0.384. The van der Waals surface area contributed by atoms with E-state index in [1.807, 2.05) is 42.5 Å². The number of nitrogens with zero attached hydrogens (tertiary/aromatic N) is 4. The standard InChI is InChI=1S/C22H17N5O3/c28-22(24-23-14-18-6-3-5-17-4-1-2-7-20(17)18)21-12-13-26(25-21)15-16-8-10-19(11-9-16)27(29)30/h1-14H,15H2,(H,24,28)/b23-14+. The van der Waals surface area contributed by atoms with Crippen LogP contribution in [0.15, 0.2) is 84.1 Å².